The molecule has 19 heavy (non-hydrogen) atoms. The number of carbonyl (C=O) groups is 2. The van der Waals surface area contributed by atoms with Crippen molar-refractivity contribution >= 4 is 23.4 Å². The molecule has 2 aromatic rings. The van der Waals surface area contributed by atoms with Gasteiger partial charge in [0.15, 0.2) is 12.4 Å². The number of hydrogen-bond donors (Lipinski definition) is 0. The van der Waals surface area contributed by atoms with Crippen molar-refractivity contribution in [1.29, 1.82) is 0 Å². The van der Waals surface area contributed by atoms with E-state index in [0.717, 1.165) is 0 Å². The molecule has 0 radical (unpaired) electrons. The van der Waals surface area contributed by atoms with Crippen molar-refractivity contribution in [3.05, 3.63) is 70.7 Å². The molecule has 0 bridgehead atoms. The Morgan fingerprint density at radius 3 is 2.32 bits per heavy atom. The molecule has 0 aromatic heterocycles. The molecule has 2 aromatic carbocycles. The van der Waals surface area contributed by atoms with Crippen molar-refractivity contribution in [2.45, 2.75) is 0 Å². The molecule has 0 fully saturated rings. The molecular weight excluding hydrogens is 264 g/mol. The predicted octanol–water partition coefficient (Wildman–Crippen LogP) is 3.38. The van der Waals surface area contributed by atoms with Crippen molar-refractivity contribution in [2.75, 3.05) is 6.61 Å². The van der Waals surface area contributed by atoms with Crippen LogP contribution in [0.1, 0.15) is 20.7 Å². The lowest BCUT2D eigenvalue weighted by molar-refractivity contribution is 0.0475. The number of halogens is 1. The summed E-state index contributed by atoms with van der Waals surface area (Å²) in [4.78, 5) is 23.4. The lowest BCUT2D eigenvalue weighted by Crippen LogP contribution is -2.14. The molecule has 0 saturated carbocycles. The minimum atomic E-state index is -0.563. The molecule has 4 heteroatoms. The molecule has 96 valence electrons. The van der Waals surface area contributed by atoms with Crippen LogP contribution in [0.15, 0.2) is 54.6 Å². The van der Waals surface area contributed by atoms with Gasteiger partial charge in [-0.3, -0.25) is 4.79 Å². The second-order valence-electron chi connectivity index (χ2n) is 3.88. The van der Waals surface area contributed by atoms with Crippen LogP contribution in [-0.2, 0) is 4.74 Å². The molecule has 0 saturated heterocycles. The summed E-state index contributed by atoms with van der Waals surface area (Å²) < 4.78 is 4.95. The largest absolute Gasteiger partial charge is 0.454 e. The van der Waals surface area contributed by atoms with Gasteiger partial charge in [-0.2, -0.15) is 0 Å². The van der Waals surface area contributed by atoms with Crippen LogP contribution >= 0.6 is 11.6 Å². The summed E-state index contributed by atoms with van der Waals surface area (Å²) in [5.74, 6) is -0.803. The molecule has 0 aliphatic heterocycles. The maximum Gasteiger partial charge on any atom is 0.338 e. The predicted molar refractivity (Wildman–Crippen MR) is 72.5 cm³/mol. The Labute approximate surface area is 115 Å². The van der Waals surface area contributed by atoms with E-state index < -0.39 is 5.97 Å². The fourth-order valence-electron chi connectivity index (χ4n) is 1.54. The Kier molecular flexibility index (Phi) is 4.31. The summed E-state index contributed by atoms with van der Waals surface area (Å²) in [6.45, 7) is -0.282. The first-order valence-electron chi connectivity index (χ1n) is 5.68. The summed E-state index contributed by atoms with van der Waals surface area (Å²) in [6.07, 6.45) is 0. The average molecular weight is 275 g/mol. The zero-order valence-electron chi connectivity index (χ0n) is 10.0. The highest BCUT2D eigenvalue weighted by atomic mass is 35.5. The van der Waals surface area contributed by atoms with E-state index in [4.69, 9.17) is 16.3 Å². The van der Waals surface area contributed by atoms with Crippen LogP contribution in [0.25, 0.3) is 0 Å². The van der Waals surface area contributed by atoms with Crippen molar-refractivity contribution in [2.24, 2.45) is 0 Å². The second-order valence-corrected chi connectivity index (χ2v) is 4.31. The Bertz CT molecular complexity index is 593. The SMILES string of the molecule is O=C(COC(=O)c1cccc(Cl)c1)c1ccccc1. The molecule has 2 rings (SSSR count). The zero-order chi connectivity index (χ0) is 13.7. The Morgan fingerprint density at radius 1 is 0.947 bits per heavy atom. The van der Waals surface area contributed by atoms with Crippen LogP contribution in [0.2, 0.25) is 5.02 Å². The number of Topliss-reactive ketones (excluding diaryl/α,β-unsaturated/α-hetero) is 1. The topological polar surface area (TPSA) is 43.4 Å². The van der Waals surface area contributed by atoms with E-state index in [0.29, 0.717) is 16.1 Å². The summed E-state index contributed by atoms with van der Waals surface area (Å²) in [5.41, 5.74) is 0.842. The molecule has 0 amide bonds. The van der Waals surface area contributed by atoms with Crippen LogP contribution < -0.4 is 0 Å². The number of ether oxygens (including phenoxy) is 1. The Balaban J connectivity index is 1.96. The van der Waals surface area contributed by atoms with Gasteiger partial charge in [-0.15, -0.1) is 0 Å². The first kappa shape index (κ1) is 13.3. The third-order valence-corrected chi connectivity index (χ3v) is 2.73. The van der Waals surface area contributed by atoms with Gasteiger partial charge >= 0.3 is 5.97 Å². The highest BCUT2D eigenvalue weighted by Gasteiger charge is 2.11. The lowest BCUT2D eigenvalue weighted by Gasteiger charge is -2.04. The molecule has 0 N–H and O–H groups in total. The van der Waals surface area contributed by atoms with E-state index in [1.807, 2.05) is 6.07 Å². The molecular formula is C15H11ClO3. The Hall–Kier alpha value is -2.13. The highest BCUT2D eigenvalue weighted by molar-refractivity contribution is 6.30. The molecule has 0 aliphatic rings. The third kappa shape index (κ3) is 3.66. The van der Waals surface area contributed by atoms with E-state index in [1.54, 1.807) is 42.5 Å². The highest BCUT2D eigenvalue weighted by Crippen LogP contribution is 2.11. The second kappa shape index (κ2) is 6.16. The first-order valence-corrected chi connectivity index (χ1v) is 6.05. The van der Waals surface area contributed by atoms with Gasteiger partial charge in [0.2, 0.25) is 0 Å². The number of benzene rings is 2. The monoisotopic (exact) mass is 274 g/mol. The summed E-state index contributed by atoms with van der Waals surface area (Å²) in [5, 5.41) is 0.448. The number of rotatable bonds is 4. The van der Waals surface area contributed by atoms with Crippen molar-refractivity contribution < 1.29 is 14.3 Å². The van der Waals surface area contributed by atoms with Gasteiger partial charge in [0, 0.05) is 10.6 Å². The molecule has 0 heterocycles. The minimum absolute atomic E-state index is 0.240. The third-order valence-electron chi connectivity index (χ3n) is 2.49. The van der Waals surface area contributed by atoms with Crippen LogP contribution in [0, 0.1) is 0 Å². The summed E-state index contributed by atoms with van der Waals surface area (Å²) in [7, 11) is 0. The number of esters is 1. The van der Waals surface area contributed by atoms with Crippen LogP contribution in [0.4, 0.5) is 0 Å². The average Bonchev–Trinajstić information content (AvgIpc) is 2.45. The number of hydrogen-bond acceptors (Lipinski definition) is 3. The summed E-state index contributed by atoms with van der Waals surface area (Å²) >= 11 is 5.77. The fraction of sp³-hybridized carbons (Fsp3) is 0.0667. The van der Waals surface area contributed by atoms with Gasteiger partial charge in [0.25, 0.3) is 0 Å². The van der Waals surface area contributed by atoms with Crippen molar-refractivity contribution in [3.63, 3.8) is 0 Å². The van der Waals surface area contributed by atoms with Gasteiger partial charge < -0.3 is 4.74 Å². The maximum absolute atomic E-state index is 11.7. The number of carbonyl (C=O) groups excluding carboxylic acids is 2. The molecule has 0 atom stereocenters. The Morgan fingerprint density at radius 2 is 1.63 bits per heavy atom. The molecule has 0 aliphatic carbocycles. The van der Waals surface area contributed by atoms with Crippen molar-refractivity contribution in [1.82, 2.24) is 0 Å². The molecule has 3 nitrogen and oxygen atoms in total. The quantitative estimate of drug-likeness (QED) is 0.634. The van der Waals surface area contributed by atoms with Gasteiger partial charge in [-0.25, -0.2) is 4.79 Å². The fourth-order valence-corrected chi connectivity index (χ4v) is 1.73. The van der Waals surface area contributed by atoms with Crippen molar-refractivity contribution in [3.8, 4) is 0 Å². The van der Waals surface area contributed by atoms with Gasteiger partial charge in [0.05, 0.1) is 5.56 Å². The first-order chi connectivity index (χ1) is 9.16. The normalized spacial score (nSPS) is 9.95. The summed E-state index contributed by atoms with van der Waals surface area (Å²) in [6, 6.07) is 15.1. The smallest absolute Gasteiger partial charge is 0.338 e. The van der Waals surface area contributed by atoms with Gasteiger partial charge in [0.1, 0.15) is 0 Å². The zero-order valence-corrected chi connectivity index (χ0v) is 10.8. The van der Waals surface area contributed by atoms with E-state index in [2.05, 4.69) is 0 Å². The van der Waals surface area contributed by atoms with E-state index in [9.17, 15) is 9.59 Å². The van der Waals surface area contributed by atoms with Crippen LogP contribution in [0.5, 0.6) is 0 Å². The maximum atomic E-state index is 11.7. The molecule has 0 spiro atoms. The lowest BCUT2D eigenvalue weighted by atomic mass is 10.1. The van der Waals surface area contributed by atoms with Crippen LogP contribution in [0.3, 0.4) is 0 Å². The van der Waals surface area contributed by atoms with E-state index in [1.165, 1.54) is 6.07 Å². The van der Waals surface area contributed by atoms with E-state index in [-0.39, 0.29) is 12.4 Å². The number of ketones is 1. The van der Waals surface area contributed by atoms with Gasteiger partial charge in [-0.1, -0.05) is 48.0 Å². The van der Waals surface area contributed by atoms with E-state index >= 15 is 0 Å². The van der Waals surface area contributed by atoms with Gasteiger partial charge in [-0.05, 0) is 18.2 Å². The standard InChI is InChI=1S/C15H11ClO3/c16-13-8-4-7-12(9-13)15(18)19-10-14(17)11-5-2-1-3-6-11/h1-9H,10H2. The van der Waals surface area contributed by atoms with Crippen LogP contribution in [-0.4, -0.2) is 18.4 Å². The minimum Gasteiger partial charge on any atom is -0.454 e. The molecule has 0 unspecified atom stereocenters.